The summed E-state index contributed by atoms with van der Waals surface area (Å²) >= 11 is 4.82. The highest BCUT2D eigenvalue weighted by Crippen LogP contribution is 2.33. The summed E-state index contributed by atoms with van der Waals surface area (Å²) in [6, 6.07) is 3.44. The van der Waals surface area contributed by atoms with Crippen LogP contribution in [0.1, 0.15) is 30.4 Å². The van der Waals surface area contributed by atoms with Crippen molar-refractivity contribution in [3.8, 4) is 0 Å². The van der Waals surface area contributed by atoms with Gasteiger partial charge in [-0.15, -0.1) is 0 Å². The number of benzene rings is 1. The highest BCUT2D eigenvalue weighted by molar-refractivity contribution is 7.80. The van der Waals surface area contributed by atoms with E-state index in [1.807, 2.05) is 0 Å². The first-order valence-electron chi connectivity index (χ1n) is 6.13. The molecule has 2 rings (SSSR count). The number of rotatable bonds is 5. The van der Waals surface area contributed by atoms with Crippen LogP contribution in [0.5, 0.6) is 0 Å². The third kappa shape index (κ3) is 3.83. The minimum Gasteiger partial charge on any atom is -0.389 e. The molecule has 6 heteroatoms. The first kappa shape index (κ1) is 14.1. The van der Waals surface area contributed by atoms with Gasteiger partial charge in [-0.05, 0) is 30.5 Å². The van der Waals surface area contributed by atoms with Gasteiger partial charge in [0.1, 0.15) is 4.99 Å². The molecule has 0 saturated heterocycles. The zero-order valence-corrected chi connectivity index (χ0v) is 11.1. The van der Waals surface area contributed by atoms with Crippen molar-refractivity contribution in [3.63, 3.8) is 0 Å². The van der Waals surface area contributed by atoms with Crippen molar-refractivity contribution in [3.05, 3.63) is 29.3 Å². The van der Waals surface area contributed by atoms with Gasteiger partial charge in [-0.2, -0.15) is 13.2 Å². The van der Waals surface area contributed by atoms with Gasteiger partial charge in [-0.25, -0.2) is 0 Å². The molecule has 0 aromatic heterocycles. The van der Waals surface area contributed by atoms with E-state index in [2.05, 4.69) is 5.32 Å². The smallest absolute Gasteiger partial charge is 0.389 e. The van der Waals surface area contributed by atoms with Crippen molar-refractivity contribution >= 4 is 22.9 Å². The zero-order chi connectivity index (χ0) is 14.0. The summed E-state index contributed by atoms with van der Waals surface area (Å²) in [5, 5.41) is 3.11. The second kappa shape index (κ2) is 5.36. The largest absolute Gasteiger partial charge is 0.416 e. The summed E-state index contributed by atoms with van der Waals surface area (Å²) in [6.45, 7) is 0.728. The average molecular weight is 288 g/mol. The summed E-state index contributed by atoms with van der Waals surface area (Å²) in [4.78, 5) is -0.0278. The Bertz CT molecular complexity index is 481. The highest BCUT2D eigenvalue weighted by atomic mass is 32.1. The predicted molar refractivity (Wildman–Crippen MR) is 73.2 cm³/mol. The van der Waals surface area contributed by atoms with Crippen molar-refractivity contribution in [2.24, 2.45) is 11.7 Å². The van der Waals surface area contributed by atoms with Crippen LogP contribution in [0.15, 0.2) is 18.2 Å². The van der Waals surface area contributed by atoms with E-state index in [1.165, 1.54) is 18.9 Å². The molecule has 0 heterocycles. The van der Waals surface area contributed by atoms with E-state index in [4.69, 9.17) is 18.0 Å². The van der Waals surface area contributed by atoms with E-state index < -0.39 is 11.7 Å². The summed E-state index contributed by atoms with van der Waals surface area (Å²) in [7, 11) is 0. The number of halogens is 3. The Morgan fingerprint density at radius 1 is 1.37 bits per heavy atom. The number of hydrogen-bond acceptors (Lipinski definition) is 2. The Hall–Kier alpha value is -1.30. The van der Waals surface area contributed by atoms with E-state index in [9.17, 15) is 13.2 Å². The molecule has 1 saturated carbocycles. The van der Waals surface area contributed by atoms with E-state index in [0.717, 1.165) is 31.0 Å². The number of thiocarbonyl (C=S) groups is 1. The van der Waals surface area contributed by atoms with Crippen molar-refractivity contribution < 1.29 is 13.2 Å². The topological polar surface area (TPSA) is 38.0 Å². The van der Waals surface area contributed by atoms with Gasteiger partial charge in [0, 0.05) is 17.8 Å². The fraction of sp³-hybridized carbons (Fsp3) is 0.462. The molecule has 0 atom stereocenters. The van der Waals surface area contributed by atoms with Crippen LogP contribution in [-0.4, -0.2) is 11.5 Å². The molecule has 0 spiro atoms. The van der Waals surface area contributed by atoms with Gasteiger partial charge < -0.3 is 11.1 Å². The lowest BCUT2D eigenvalue weighted by Crippen LogP contribution is -2.16. The van der Waals surface area contributed by atoms with E-state index in [-0.39, 0.29) is 10.6 Å². The molecule has 0 unspecified atom stereocenters. The number of anilines is 1. The molecule has 19 heavy (non-hydrogen) atoms. The molecule has 2 nitrogen and oxygen atoms in total. The van der Waals surface area contributed by atoms with Crippen molar-refractivity contribution in [2.75, 3.05) is 11.9 Å². The van der Waals surface area contributed by atoms with Gasteiger partial charge in [-0.3, -0.25) is 0 Å². The van der Waals surface area contributed by atoms with Gasteiger partial charge in [0.25, 0.3) is 0 Å². The summed E-state index contributed by atoms with van der Waals surface area (Å²) < 4.78 is 37.9. The maximum Gasteiger partial charge on any atom is 0.416 e. The molecule has 1 aromatic carbocycles. The fourth-order valence-electron chi connectivity index (χ4n) is 1.90. The molecule has 1 aromatic rings. The van der Waals surface area contributed by atoms with Gasteiger partial charge in [0.05, 0.1) is 5.56 Å². The second-order valence-corrected chi connectivity index (χ2v) is 5.22. The Labute approximate surface area is 115 Å². The van der Waals surface area contributed by atoms with E-state index in [1.54, 1.807) is 0 Å². The molecule has 1 fully saturated rings. The monoisotopic (exact) mass is 288 g/mol. The predicted octanol–water partition coefficient (Wildman–Crippen LogP) is 3.55. The molecule has 0 bridgehead atoms. The Morgan fingerprint density at radius 3 is 2.58 bits per heavy atom. The molecule has 1 aliphatic rings. The van der Waals surface area contributed by atoms with Gasteiger partial charge >= 0.3 is 6.18 Å². The summed E-state index contributed by atoms with van der Waals surface area (Å²) in [5.41, 5.74) is 5.58. The fourth-order valence-corrected chi connectivity index (χ4v) is 2.06. The minimum absolute atomic E-state index is 0.0278. The number of nitrogens with one attached hydrogen (secondary N) is 1. The van der Waals surface area contributed by atoms with E-state index in [0.29, 0.717) is 5.69 Å². The SMILES string of the molecule is NC(=S)c1cc(C(F)(F)F)ccc1NCCC1CC1. The van der Waals surface area contributed by atoms with Crippen LogP contribution >= 0.6 is 12.2 Å². The first-order valence-corrected chi connectivity index (χ1v) is 6.53. The summed E-state index contributed by atoms with van der Waals surface area (Å²) in [6.07, 6.45) is -0.864. The zero-order valence-electron chi connectivity index (χ0n) is 10.3. The lowest BCUT2D eigenvalue weighted by atomic mass is 10.1. The molecule has 0 aliphatic heterocycles. The molecular formula is C13H15F3N2S. The standard InChI is InChI=1S/C13H15F3N2S/c14-13(15,16)9-3-4-11(10(7-9)12(17)19)18-6-5-8-1-2-8/h3-4,7-8,18H,1-2,5-6H2,(H2,17,19). The molecule has 3 N–H and O–H groups in total. The maximum atomic E-state index is 12.6. The average Bonchev–Trinajstić information content (AvgIpc) is 3.11. The van der Waals surface area contributed by atoms with Crippen LogP contribution in [-0.2, 0) is 6.18 Å². The molecule has 0 amide bonds. The Kier molecular flexibility index (Phi) is 3.99. The van der Waals surface area contributed by atoms with Crippen LogP contribution in [0.4, 0.5) is 18.9 Å². The quantitative estimate of drug-likeness (QED) is 0.814. The van der Waals surface area contributed by atoms with Gasteiger partial charge in [0.2, 0.25) is 0 Å². The minimum atomic E-state index is -4.38. The third-order valence-electron chi connectivity index (χ3n) is 3.18. The van der Waals surface area contributed by atoms with Crippen LogP contribution in [0, 0.1) is 5.92 Å². The Morgan fingerprint density at radius 2 is 2.05 bits per heavy atom. The van der Waals surface area contributed by atoms with Crippen LogP contribution in [0.3, 0.4) is 0 Å². The molecule has 0 radical (unpaired) electrons. The van der Waals surface area contributed by atoms with Crippen LogP contribution in [0.2, 0.25) is 0 Å². The second-order valence-electron chi connectivity index (χ2n) is 4.78. The molecule has 1 aliphatic carbocycles. The van der Waals surface area contributed by atoms with Crippen molar-refractivity contribution in [2.45, 2.75) is 25.4 Å². The third-order valence-corrected chi connectivity index (χ3v) is 3.40. The van der Waals surface area contributed by atoms with Gasteiger partial charge in [0.15, 0.2) is 0 Å². The molecule has 104 valence electrons. The van der Waals surface area contributed by atoms with E-state index >= 15 is 0 Å². The van der Waals surface area contributed by atoms with Gasteiger partial charge in [-0.1, -0.05) is 25.1 Å². The highest BCUT2D eigenvalue weighted by Gasteiger charge is 2.31. The lowest BCUT2D eigenvalue weighted by Gasteiger charge is -2.14. The van der Waals surface area contributed by atoms with Crippen LogP contribution in [0.25, 0.3) is 0 Å². The van der Waals surface area contributed by atoms with Crippen molar-refractivity contribution in [1.29, 1.82) is 0 Å². The first-order chi connectivity index (χ1) is 8.88. The van der Waals surface area contributed by atoms with Crippen LogP contribution < -0.4 is 11.1 Å². The van der Waals surface area contributed by atoms with Crippen molar-refractivity contribution in [1.82, 2.24) is 0 Å². The number of nitrogens with two attached hydrogens (primary N) is 1. The summed E-state index contributed by atoms with van der Waals surface area (Å²) in [5.74, 6) is 0.759. The Balaban J connectivity index is 2.14. The number of alkyl halides is 3. The normalized spacial score (nSPS) is 15.3. The maximum absolute atomic E-state index is 12.6. The molecular weight excluding hydrogens is 273 g/mol. The lowest BCUT2D eigenvalue weighted by molar-refractivity contribution is -0.137. The number of hydrogen-bond donors (Lipinski definition) is 2.